The molecule has 0 atom stereocenters. The van der Waals surface area contributed by atoms with Crippen LogP contribution in [0.1, 0.15) is 5.69 Å². The van der Waals surface area contributed by atoms with Crippen LogP contribution in [0.3, 0.4) is 0 Å². The first kappa shape index (κ1) is 16.6. The van der Waals surface area contributed by atoms with Crippen molar-refractivity contribution in [3.63, 3.8) is 0 Å². The predicted octanol–water partition coefficient (Wildman–Crippen LogP) is 0.952. The number of aromatic nitrogens is 4. The van der Waals surface area contributed by atoms with Crippen LogP contribution in [0.2, 0.25) is 0 Å². The first-order chi connectivity index (χ1) is 11.9. The van der Waals surface area contributed by atoms with E-state index in [0.29, 0.717) is 11.3 Å². The number of sulfonamides is 1. The zero-order chi connectivity index (χ0) is 18.0. The van der Waals surface area contributed by atoms with Crippen molar-refractivity contribution >= 4 is 27.6 Å². The Balaban J connectivity index is 1.81. The zero-order valence-electron chi connectivity index (χ0n) is 13.3. The number of hydrogen-bond acceptors (Lipinski definition) is 7. The largest absolute Gasteiger partial charge is 0.481 e. The normalized spacial score (nSPS) is 11.3. The van der Waals surface area contributed by atoms with Crippen molar-refractivity contribution in [2.75, 3.05) is 12.4 Å². The quantitative estimate of drug-likeness (QED) is 0.707. The molecule has 0 unspecified atom stereocenters. The number of carbonyl (C=O) groups excluding carboxylic acids is 1. The lowest BCUT2D eigenvalue weighted by molar-refractivity contribution is 0.256. The molecule has 25 heavy (non-hydrogen) atoms. The maximum atomic E-state index is 12.4. The minimum atomic E-state index is -4.14. The third kappa shape index (κ3) is 3.50. The van der Waals surface area contributed by atoms with Crippen LogP contribution in [-0.4, -0.2) is 40.9 Å². The van der Waals surface area contributed by atoms with E-state index in [0.717, 1.165) is 6.20 Å². The molecule has 0 aliphatic heterocycles. The van der Waals surface area contributed by atoms with Gasteiger partial charge in [0.25, 0.3) is 10.0 Å². The number of anilines is 1. The number of pyridine rings is 1. The Bertz CT molecular complexity index is 1050. The third-order valence-electron chi connectivity index (χ3n) is 3.15. The summed E-state index contributed by atoms with van der Waals surface area (Å²) < 4.78 is 33.0. The minimum Gasteiger partial charge on any atom is -0.481 e. The van der Waals surface area contributed by atoms with Crippen molar-refractivity contribution in [2.24, 2.45) is 0 Å². The highest BCUT2D eigenvalue weighted by Gasteiger charge is 2.22. The number of nitrogens with zero attached hydrogens (tertiary/aromatic N) is 4. The molecule has 0 bridgehead atoms. The number of fused-ring (bicyclic) bond motifs is 1. The van der Waals surface area contributed by atoms with E-state index in [1.807, 2.05) is 4.72 Å². The highest BCUT2D eigenvalue weighted by molar-refractivity contribution is 7.90. The Morgan fingerprint density at radius 3 is 2.84 bits per heavy atom. The monoisotopic (exact) mass is 362 g/mol. The molecule has 0 fully saturated rings. The van der Waals surface area contributed by atoms with Gasteiger partial charge in [0.15, 0.2) is 5.03 Å². The number of methoxy groups -OCH3 is 1. The van der Waals surface area contributed by atoms with Gasteiger partial charge in [0, 0.05) is 18.0 Å². The minimum absolute atomic E-state index is 0.0808. The van der Waals surface area contributed by atoms with Gasteiger partial charge in [-0.25, -0.2) is 19.5 Å². The summed E-state index contributed by atoms with van der Waals surface area (Å²) >= 11 is 0. The first-order valence-electron chi connectivity index (χ1n) is 7.04. The van der Waals surface area contributed by atoms with Crippen LogP contribution in [0.4, 0.5) is 10.7 Å². The summed E-state index contributed by atoms with van der Waals surface area (Å²) in [6.07, 6.45) is 2.69. The molecule has 3 aromatic heterocycles. The van der Waals surface area contributed by atoms with Crippen LogP contribution in [0.25, 0.3) is 5.65 Å². The fraction of sp³-hybridized carbons (Fsp3) is 0.143. The van der Waals surface area contributed by atoms with Crippen molar-refractivity contribution in [1.82, 2.24) is 24.1 Å². The van der Waals surface area contributed by atoms with E-state index in [1.54, 1.807) is 31.2 Å². The molecule has 10 nitrogen and oxygen atoms in total. The fourth-order valence-corrected chi connectivity index (χ4v) is 3.11. The Kier molecular flexibility index (Phi) is 4.23. The molecule has 130 valence electrons. The van der Waals surface area contributed by atoms with Crippen LogP contribution in [0, 0.1) is 6.92 Å². The van der Waals surface area contributed by atoms with Crippen molar-refractivity contribution in [2.45, 2.75) is 11.9 Å². The van der Waals surface area contributed by atoms with Crippen LogP contribution in [-0.2, 0) is 10.0 Å². The van der Waals surface area contributed by atoms with Crippen LogP contribution < -0.4 is 14.8 Å². The first-order valence-corrected chi connectivity index (χ1v) is 8.53. The Labute approximate surface area is 142 Å². The molecule has 3 rings (SSSR count). The number of hydrogen-bond donors (Lipinski definition) is 2. The number of rotatable bonds is 4. The van der Waals surface area contributed by atoms with Crippen LogP contribution >= 0.6 is 0 Å². The standard InChI is InChI=1S/C14H14N6O4S/c1-9-7-11(24-2)17-13(16-9)18-14(21)19-25(22,23)12-8-15-10-5-3-4-6-20(10)12/h3-8H,1-2H3,(H2,16,17,18,19,21). The van der Waals surface area contributed by atoms with Gasteiger partial charge in [-0.2, -0.15) is 13.4 Å². The van der Waals surface area contributed by atoms with Gasteiger partial charge in [0.05, 0.1) is 13.3 Å². The highest BCUT2D eigenvalue weighted by Crippen LogP contribution is 2.13. The summed E-state index contributed by atoms with van der Waals surface area (Å²) in [5.74, 6) is 0.162. The van der Waals surface area contributed by atoms with Gasteiger partial charge in [-0.3, -0.25) is 9.72 Å². The topological polar surface area (TPSA) is 128 Å². The van der Waals surface area contributed by atoms with Gasteiger partial charge >= 0.3 is 6.03 Å². The number of urea groups is 1. The number of imidazole rings is 1. The maximum Gasteiger partial charge on any atom is 0.335 e. The molecule has 0 saturated carbocycles. The van der Waals surface area contributed by atoms with E-state index < -0.39 is 16.1 Å². The molecule has 0 aromatic carbocycles. The molecule has 2 N–H and O–H groups in total. The molecular weight excluding hydrogens is 348 g/mol. The van der Waals surface area contributed by atoms with E-state index in [-0.39, 0.29) is 16.9 Å². The van der Waals surface area contributed by atoms with E-state index in [1.165, 1.54) is 17.7 Å². The molecule has 0 spiro atoms. The highest BCUT2D eigenvalue weighted by atomic mass is 32.2. The van der Waals surface area contributed by atoms with E-state index in [4.69, 9.17) is 4.74 Å². The van der Waals surface area contributed by atoms with Crippen molar-refractivity contribution in [3.05, 3.63) is 42.4 Å². The summed E-state index contributed by atoms with van der Waals surface area (Å²) in [6.45, 7) is 1.68. The Morgan fingerprint density at radius 2 is 2.08 bits per heavy atom. The Morgan fingerprint density at radius 1 is 1.28 bits per heavy atom. The lowest BCUT2D eigenvalue weighted by Crippen LogP contribution is -2.35. The van der Waals surface area contributed by atoms with Crippen molar-refractivity contribution < 1.29 is 17.9 Å². The molecule has 0 aliphatic rings. The molecule has 2 amide bonds. The van der Waals surface area contributed by atoms with Gasteiger partial charge < -0.3 is 4.74 Å². The number of aryl methyl sites for hydroxylation is 1. The van der Waals surface area contributed by atoms with E-state index >= 15 is 0 Å². The van der Waals surface area contributed by atoms with Gasteiger partial charge in [-0.05, 0) is 19.1 Å². The van der Waals surface area contributed by atoms with Crippen molar-refractivity contribution in [1.29, 1.82) is 0 Å². The molecule has 11 heteroatoms. The summed E-state index contributed by atoms with van der Waals surface area (Å²) in [5.41, 5.74) is 0.988. The average molecular weight is 362 g/mol. The van der Waals surface area contributed by atoms with Gasteiger partial charge in [0.2, 0.25) is 11.8 Å². The number of carbonyl (C=O) groups is 1. The second-order valence-electron chi connectivity index (χ2n) is 4.96. The summed E-state index contributed by atoms with van der Waals surface area (Å²) in [6, 6.07) is 5.59. The number of nitrogens with one attached hydrogen (secondary N) is 2. The van der Waals surface area contributed by atoms with Crippen molar-refractivity contribution in [3.8, 4) is 5.88 Å². The smallest absolute Gasteiger partial charge is 0.335 e. The van der Waals surface area contributed by atoms with Crippen LogP contribution in [0.15, 0.2) is 41.7 Å². The predicted molar refractivity (Wildman–Crippen MR) is 87.9 cm³/mol. The Hall–Kier alpha value is -3.21. The summed E-state index contributed by atoms with van der Waals surface area (Å²) in [5, 5.41) is 2.10. The molecule has 3 heterocycles. The van der Waals surface area contributed by atoms with Gasteiger partial charge in [-0.1, -0.05) is 6.07 Å². The second kappa shape index (κ2) is 6.36. The molecule has 0 radical (unpaired) electrons. The number of amides is 2. The average Bonchev–Trinajstić information content (AvgIpc) is 2.98. The lowest BCUT2D eigenvalue weighted by atomic mass is 10.4. The number of ether oxygens (including phenoxy) is 1. The lowest BCUT2D eigenvalue weighted by Gasteiger charge is -2.08. The van der Waals surface area contributed by atoms with Gasteiger partial charge in [0.1, 0.15) is 5.65 Å². The third-order valence-corrected chi connectivity index (χ3v) is 4.46. The van der Waals surface area contributed by atoms with Gasteiger partial charge in [-0.15, -0.1) is 0 Å². The molecule has 3 aromatic rings. The summed E-state index contributed by atoms with van der Waals surface area (Å²) in [7, 11) is -2.72. The van der Waals surface area contributed by atoms with E-state index in [2.05, 4.69) is 20.3 Å². The molecule has 0 saturated heterocycles. The second-order valence-corrected chi connectivity index (χ2v) is 6.59. The maximum absolute atomic E-state index is 12.4. The van der Waals surface area contributed by atoms with Crippen LogP contribution in [0.5, 0.6) is 5.88 Å². The zero-order valence-corrected chi connectivity index (χ0v) is 14.1. The fourth-order valence-electron chi connectivity index (χ4n) is 2.11. The molecule has 0 aliphatic carbocycles. The van der Waals surface area contributed by atoms with E-state index in [9.17, 15) is 13.2 Å². The summed E-state index contributed by atoms with van der Waals surface area (Å²) in [4.78, 5) is 23.9. The SMILES string of the molecule is COc1cc(C)nc(NC(=O)NS(=O)(=O)c2cnc3ccccn23)n1. The molecular formula is C14H14N6O4S.